The molecule has 2 aromatic rings. The van der Waals surface area contributed by atoms with E-state index in [2.05, 4.69) is 36.6 Å². The van der Waals surface area contributed by atoms with Crippen LogP contribution in [0.25, 0.3) is 11.3 Å². The van der Waals surface area contributed by atoms with Gasteiger partial charge in [-0.2, -0.15) is 5.10 Å². The lowest BCUT2D eigenvalue weighted by Gasteiger charge is -2.01. The molecule has 0 unspecified atom stereocenters. The summed E-state index contributed by atoms with van der Waals surface area (Å²) in [5.41, 5.74) is 5.19. The summed E-state index contributed by atoms with van der Waals surface area (Å²) in [6.07, 6.45) is 2.15. The molecule has 0 saturated carbocycles. The molecule has 1 aliphatic heterocycles. The van der Waals surface area contributed by atoms with Gasteiger partial charge in [0.25, 0.3) is 0 Å². The van der Waals surface area contributed by atoms with Crippen molar-refractivity contribution < 1.29 is 0 Å². The molecule has 0 bridgehead atoms. The number of benzene rings is 1. The lowest BCUT2D eigenvalue weighted by molar-refractivity contribution is 0.667. The molecule has 0 saturated heterocycles. The minimum Gasteiger partial charge on any atom is -0.316 e. The molecule has 17 heavy (non-hydrogen) atoms. The van der Waals surface area contributed by atoms with E-state index in [-0.39, 0.29) is 0 Å². The van der Waals surface area contributed by atoms with Gasteiger partial charge >= 0.3 is 0 Å². The van der Waals surface area contributed by atoms with Gasteiger partial charge in [-0.1, -0.05) is 30.3 Å². The number of nitrogens with one attached hydrogen (secondary N) is 1. The number of hydrogen-bond donors (Lipinski definition) is 1. The van der Waals surface area contributed by atoms with Crippen LogP contribution >= 0.6 is 0 Å². The van der Waals surface area contributed by atoms with Crippen LogP contribution in [0.5, 0.6) is 0 Å². The molecule has 1 aromatic heterocycles. The second kappa shape index (κ2) is 4.34. The number of nitrogens with zero attached hydrogens (tertiary/aromatic N) is 2. The first-order valence-electron chi connectivity index (χ1n) is 6.17. The van der Waals surface area contributed by atoms with Crippen molar-refractivity contribution in [3.05, 3.63) is 41.6 Å². The highest BCUT2D eigenvalue weighted by atomic mass is 15.3. The zero-order valence-electron chi connectivity index (χ0n) is 10.1. The van der Waals surface area contributed by atoms with Crippen LogP contribution in [0.4, 0.5) is 0 Å². The van der Waals surface area contributed by atoms with Gasteiger partial charge in [0.15, 0.2) is 0 Å². The average Bonchev–Trinajstić information content (AvgIpc) is 2.57. The molecule has 0 aliphatic carbocycles. The van der Waals surface area contributed by atoms with E-state index in [4.69, 9.17) is 5.10 Å². The van der Waals surface area contributed by atoms with Crippen molar-refractivity contribution in [1.82, 2.24) is 15.1 Å². The molecule has 1 aromatic carbocycles. The second-order valence-corrected chi connectivity index (χ2v) is 4.51. The minimum atomic E-state index is 1.05. The summed E-state index contributed by atoms with van der Waals surface area (Å²) < 4.78 is 2.05. The van der Waals surface area contributed by atoms with Gasteiger partial charge in [0.2, 0.25) is 0 Å². The molecular weight excluding hydrogens is 210 g/mol. The fourth-order valence-corrected chi connectivity index (χ4v) is 2.55. The molecule has 1 N–H and O–H groups in total. The zero-order valence-corrected chi connectivity index (χ0v) is 10.1. The summed E-state index contributed by atoms with van der Waals surface area (Å²) >= 11 is 0. The van der Waals surface area contributed by atoms with E-state index in [9.17, 15) is 0 Å². The summed E-state index contributed by atoms with van der Waals surface area (Å²) in [6, 6.07) is 10.5. The van der Waals surface area contributed by atoms with Crippen molar-refractivity contribution >= 4 is 0 Å². The Labute approximate surface area is 101 Å². The van der Waals surface area contributed by atoms with E-state index in [0.29, 0.717) is 0 Å². The van der Waals surface area contributed by atoms with E-state index in [1.54, 1.807) is 0 Å². The van der Waals surface area contributed by atoms with Crippen LogP contribution in [0.2, 0.25) is 0 Å². The van der Waals surface area contributed by atoms with Crippen LogP contribution in [-0.4, -0.2) is 22.9 Å². The minimum absolute atomic E-state index is 1.05. The van der Waals surface area contributed by atoms with Crippen LogP contribution in [0.15, 0.2) is 30.3 Å². The van der Waals surface area contributed by atoms with Gasteiger partial charge in [-0.05, 0) is 13.0 Å². The summed E-state index contributed by atoms with van der Waals surface area (Å²) in [5, 5.41) is 8.14. The zero-order chi connectivity index (χ0) is 11.7. The predicted molar refractivity (Wildman–Crippen MR) is 68.9 cm³/mol. The summed E-state index contributed by atoms with van der Waals surface area (Å²) in [6.45, 7) is 2.11. The van der Waals surface area contributed by atoms with Crippen molar-refractivity contribution in [2.75, 3.05) is 13.1 Å². The molecule has 0 fully saturated rings. The molecule has 2 heterocycles. The first kappa shape index (κ1) is 10.5. The number of hydrogen-bond acceptors (Lipinski definition) is 2. The van der Waals surface area contributed by atoms with Crippen LogP contribution in [0.3, 0.4) is 0 Å². The first-order valence-corrected chi connectivity index (χ1v) is 6.17. The fraction of sp³-hybridized carbons (Fsp3) is 0.357. The molecular formula is C14H17N3. The quantitative estimate of drug-likeness (QED) is 0.804. The van der Waals surface area contributed by atoms with Gasteiger partial charge in [-0.25, -0.2) is 0 Å². The maximum absolute atomic E-state index is 4.69. The molecule has 0 radical (unpaired) electrons. The smallest absolute Gasteiger partial charge is 0.0958 e. The average molecular weight is 227 g/mol. The van der Waals surface area contributed by atoms with E-state index >= 15 is 0 Å². The van der Waals surface area contributed by atoms with Gasteiger partial charge in [0.05, 0.1) is 5.69 Å². The lowest BCUT2D eigenvalue weighted by atomic mass is 10.0. The summed E-state index contributed by atoms with van der Waals surface area (Å²) in [4.78, 5) is 0. The van der Waals surface area contributed by atoms with E-state index in [0.717, 1.165) is 31.6 Å². The van der Waals surface area contributed by atoms with Gasteiger partial charge in [0, 0.05) is 36.8 Å². The van der Waals surface area contributed by atoms with Crippen LogP contribution in [-0.2, 0) is 19.9 Å². The lowest BCUT2D eigenvalue weighted by Crippen LogP contribution is -2.17. The summed E-state index contributed by atoms with van der Waals surface area (Å²) in [5.74, 6) is 0. The van der Waals surface area contributed by atoms with Gasteiger partial charge in [-0.3, -0.25) is 4.68 Å². The van der Waals surface area contributed by atoms with Gasteiger partial charge in [0.1, 0.15) is 0 Å². The van der Waals surface area contributed by atoms with E-state index < -0.39 is 0 Å². The highest BCUT2D eigenvalue weighted by Crippen LogP contribution is 2.26. The Morgan fingerprint density at radius 1 is 1.12 bits per heavy atom. The number of aromatic nitrogens is 2. The van der Waals surface area contributed by atoms with E-state index in [1.807, 2.05) is 10.7 Å². The van der Waals surface area contributed by atoms with Crippen molar-refractivity contribution in [1.29, 1.82) is 0 Å². The van der Waals surface area contributed by atoms with Gasteiger partial charge in [-0.15, -0.1) is 0 Å². The predicted octanol–water partition coefficient (Wildman–Crippen LogP) is 1.78. The Bertz CT molecular complexity index is 514. The summed E-state index contributed by atoms with van der Waals surface area (Å²) in [7, 11) is 2.05. The maximum atomic E-state index is 4.69. The molecule has 3 heteroatoms. The van der Waals surface area contributed by atoms with Crippen molar-refractivity contribution in [3.63, 3.8) is 0 Å². The van der Waals surface area contributed by atoms with Crippen molar-refractivity contribution in [2.45, 2.75) is 12.8 Å². The molecule has 1 aliphatic rings. The standard InChI is InChI=1S/C14H17N3/c1-17-13-8-10-15-9-7-12(13)14(16-17)11-5-3-2-4-6-11/h2-6,15H,7-10H2,1H3. The molecule has 88 valence electrons. The fourth-order valence-electron chi connectivity index (χ4n) is 2.55. The normalized spacial score (nSPS) is 15.4. The molecule has 0 amide bonds. The second-order valence-electron chi connectivity index (χ2n) is 4.51. The maximum Gasteiger partial charge on any atom is 0.0958 e. The molecule has 0 spiro atoms. The van der Waals surface area contributed by atoms with Crippen LogP contribution < -0.4 is 5.32 Å². The Morgan fingerprint density at radius 2 is 1.88 bits per heavy atom. The monoisotopic (exact) mass is 227 g/mol. The number of aryl methyl sites for hydroxylation is 1. The first-order chi connectivity index (χ1) is 8.36. The third-order valence-electron chi connectivity index (χ3n) is 3.41. The molecule has 3 nitrogen and oxygen atoms in total. The Kier molecular flexibility index (Phi) is 2.69. The van der Waals surface area contributed by atoms with Gasteiger partial charge < -0.3 is 5.32 Å². The Hall–Kier alpha value is -1.61. The Morgan fingerprint density at radius 3 is 2.71 bits per heavy atom. The molecule has 0 atom stereocenters. The van der Waals surface area contributed by atoms with Crippen molar-refractivity contribution in [3.8, 4) is 11.3 Å². The third-order valence-corrected chi connectivity index (χ3v) is 3.41. The largest absolute Gasteiger partial charge is 0.316 e. The highest BCUT2D eigenvalue weighted by molar-refractivity contribution is 5.64. The Balaban J connectivity index is 2.12. The third kappa shape index (κ3) is 1.87. The molecule has 3 rings (SSSR count). The van der Waals surface area contributed by atoms with Crippen LogP contribution in [0.1, 0.15) is 11.3 Å². The SMILES string of the molecule is Cn1nc(-c2ccccc2)c2c1CCNCC2. The number of rotatable bonds is 1. The van der Waals surface area contributed by atoms with E-state index in [1.165, 1.54) is 16.8 Å². The highest BCUT2D eigenvalue weighted by Gasteiger charge is 2.18. The topological polar surface area (TPSA) is 29.9 Å². The number of fused-ring (bicyclic) bond motifs is 1. The van der Waals surface area contributed by atoms with Crippen LogP contribution in [0, 0.1) is 0 Å². The van der Waals surface area contributed by atoms with Crippen molar-refractivity contribution in [2.24, 2.45) is 7.05 Å².